The van der Waals surface area contributed by atoms with Crippen LogP contribution in [0.4, 0.5) is 0 Å². The second-order valence-corrected chi connectivity index (χ2v) is 4.71. The second kappa shape index (κ2) is 5.33. The molecule has 92 valence electrons. The van der Waals surface area contributed by atoms with Crippen LogP contribution in [-0.2, 0) is 6.54 Å². The Bertz CT molecular complexity index is 478. The zero-order chi connectivity index (χ0) is 12.3. The number of aliphatic hydroxyl groups excluding tert-OH is 1. The summed E-state index contributed by atoms with van der Waals surface area (Å²) < 4.78 is 6.96. The van der Waals surface area contributed by atoms with Crippen molar-refractivity contribution in [2.45, 2.75) is 26.0 Å². The number of methoxy groups -OCH3 is 1. The minimum Gasteiger partial charge on any atom is -0.496 e. The molecule has 0 aliphatic rings. The largest absolute Gasteiger partial charge is 0.496 e. The monoisotopic (exact) mass is 252 g/mol. The Kier molecular flexibility index (Phi) is 3.81. The summed E-state index contributed by atoms with van der Waals surface area (Å²) in [4.78, 5) is 0.875. The first-order valence-corrected chi connectivity index (χ1v) is 6.46. The fourth-order valence-electron chi connectivity index (χ4n) is 1.70. The molecule has 2 aromatic rings. The van der Waals surface area contributed by atoms with Crippen molar-refractivity contribution in [1.29, 1.82) is 0 Å². The maximum Gasteiger partial charge on any atom is 0.130 e. The average molecular weight is 252 g/mol. The first-order chi connectivity index (χ1) is 8.26. The smallest absolute Gasteiger partial charge is 0.130 e. The van der Waals surface area contributed by atoms with Crippen molar-refractivity contribution in [1.82, 2.24) is 9.78 Å². The number of rotatable bonds is 5. The summed E-state index contributed by atoms with van der Waals surface area (Å²) >= 11 is 1.49. The summed E-state index contributed by atoms with van der Waals surface area (Å²) in [6, 6.07) is 3.71. The maximum absolute atomic E-state index is 10.3. The van der Waals surface area contributed by atoms with Gasteiger partial charge in [0, 0.05) is 23.0 Å². The van der Waals surface area contributed by atoms with Crippen LogP contribution in [0.25, 0.3) is 0 Å². The van der Waals surface area contributed by atoms with E-state index in [1.165, 1.54) is 11.3 Å². The van der Waals surface area contributed by atoms with Gasteiger partial charge >= 0.3 is 0 Å². The van der Waals surface area contributed by atoms with Gasteiger partial charge in [0.1, 0.15) is 11.9 Å². The normalized spacial score (nSPS) is 12.6. The van der Waals surface area contributed by atoms with Crippen molar-refractivity contribution >= 4 is 11.3 Å². The second-order valence-electron chi connectivity index (χ2n) is 3.77. The lowest BCUT2D eigenvalue weighted by Gasteiger charge is -2.11. The standard InChI is InChI=1S/C12H16N2O2S/c1-3-6-14-10(4-5-13-14)12(15)11-7-9(16-2)8-17-11/h4-5,7-8,12,15H,3,6H2,1-2H3. The SMILES string of the molecule is CCCn1nccc1C(O)c1cc(OC)cs1. The zero-order valence-electron chi connectivity index (χ0n) is 9.96. The van der Waals surface area contributed by atoms with E-state index in [4.69, 9.17) is 4.74 Å². The lowest BCUT2D eigenvalue weighted by Crippen LogP contribution is -2.09. The number of hydrogen-bond acceptors (Lipinski definition) is 4. The Labute approximate surface area is 104 Å². The van der Waals surface area contributed by atoms with Crippen molar-refractivity contribution in [3.63, 3.8) is 0 Å². The predicted molar refractivity (Wildman–Crippen MR) is 67.5 cm³/mol. The highest BCUT2D eigenvalue weighted by molar-refractivity contribution is 7.10. The molecule has 17 heavy (non-hydrogen) atoms. The molecule has 0 aliphatic heterocycles. The number of aromatic nitrogens is 2. The van der Waals surface area contributed by atoms with E-state index in [1.807, 2.05) is 22.2 Å². The molecule has 1 atom stereocenters. The Morgan fingerprint density at radius 2 is 2.41 bits per heavy atom. The van der Waals surface area contributed by atoms with Crippen molar-refractivity contribution in [3.05, 3.63) is 34.3 Å². The van der Waals surface area contributed by atoms with E-state index in [-0.39, 0.29) is 0 Å². The van der Waals surface area contributed by atoms with Gasteiger partial charge in [0.2, 0.25) is 0 Å². The molecule has 4 nitrogen and oxygen atoms in total. The highest BCUT2D eigenvalue weighted by Gasteiger charge is 2.17. The summed E-state index contributed by atoms with van der Waals surface area (Å²) in [6.45, 7) is 2.91. The van der Waals surface area contributed by atoms with Gasteiger partial charge in [-0.2, -0.15) is 5.10 Å². The third kappa shape index (κ3) is 2.50. The van der Waals surface area contributed by atoms with Crippen LogP contribution in [0.5, 0.6) is 5.75 Å². The van der Waals surface area contributed by atoms with E-state index in [0.717, 1.165) is 29.3 Å². The van der Waals surface area contributed by atoms with Crippen LogP contribution in [0.3, 0.4) is 0 Å². The number of thiophene rings is 1. The fraction of sp³-hybridized carbons (Fsp3) is 0.417. The maximum atomic E-state index is 10.3. The van der Waals surface area contributed by atoms with Crippen LogP contribution < -0.4 is 4.74 Å². The summed E-state index contributed by atoms with van der Waals surface area (Å²) in [5.41, 5.74) is 0.830. The van der Waals surface area contributed by atoms with Gasteiger partial charge in [-0.3, -0.25) is 4.68 Å². The van der Waals surface area contributed by atoms with Crippen molar-refractivity contribution in [3.8, 4) is 5.75 Å². The summed E-state index contributed by atoms with van der Waals surface area (Å²) in [6.07, 6.45) is 2.09. The molecule has 0 radical (unpaired) electrons. The van der Waals surface area contributed by atoms with Gasteiger partial charge in [0.25, 0.3) is 0 Å². The summed E-state index contributed by atoms with van der Waals surface area (Å²) in [7, 11) is 1.62. The summed E-state index contributed by atoms with van der Waals surface area (Å²) in [5.74, 6) is 0.783. The van der Waals surface area contributed by atoms with Crippen molar-refractivity contribution < 1.29 is 9.84 Å². The Morgan fingerprint density at radius 3 is 3.06 bits per heavy atom. The lowest BCUT2D eigenvalue weighted by atomic mass is 10.2. The van der Waals surface area contributed by atoms with Gasteiger partial charge in [-0.25, -0.2) is 0 Å². The van der Waals surface area contributed by atoms with E-state index in [1.54, 1.807) is 13.3 Å². The van der Waals surface area contributed by atoms with Crippen LogP contribution in [0.1, 0.15) is 30.0 Å². The molecule has 0 fully saturated rings. The van der Waals surface area contributed by atoms with Gasteiger partial charge in [0.05, 0.1) is 12.8 Å². The molecular weight excluding hydrogens is 236 g/mol. The zero-order valence-corrected chi connectivity index (χ0v) is 10.8. The molecule has 2 rings (SSSR count). The molecule has 0 aliphatic carbocycles. The molecule has 2 heterocycles. The molecule has 0 saturated heterocycles. The van der Waals surface area contributed by atoms with E-state index in [9.17, 15) is 5.11 Å². The summed E-state index contributed by atoms with van der Waals surface area (Å²) in [5, 5.41) is 16.4. The number of hydrogen-bond donors (Lipinski definition) is 1. The quantitative estimate of drug-likeness (QED) is 0.889. The van der Waals surface area contributed by atoms with Gasteiger partial charge in [0.15, 0.2) is 0 Å². The molecule has 1 N–H and O–H groups in total. The minimum absolute atomic E-state index is 0.627. The predicted octanol–water partition coefficient (Wildman–Crippen LogP) is 2.44. The van der Waals surface area contributed by atoms with Crippen molar-refractivity contribution in [2.24, 2.45) is 0 Å². The van der Waals surface area contributed by atoms with E-state index < -0.39 is 6.10 Å². The lowest BCUT2D eigenvalue weighted by molar-refractivity contribution is 0.211. The van der Waals surface area contributed by atoms with Gasteiger partial charge in [-0.05, 0) is 18.6 Å². The third-order valence-electron chi connectivity index (χ3n) is 2.57. The van der Waals surface area contributed by atoms with Crippen LogP contribution in [-0.4, -0.2) is 22.0 Å². The van der Waals surface area contributed by atoms with Crippen LogP contribution in [0.15, 0.2) is 23.7 Å². The number of ether oxygens (including phenoxy) is 1. The van der Waals surface area contributed by atoms with Crippen molar-refractivity contribution in [2.75, 3.05) is 7.11 Å². The fourth-order valence-corrected chi connectivity index (χ4v) is 2.55. The molecule has 5 heteroatoms. The topological polar surface area (TPSA) is 47.3 Å². The molecule has 0 aromatic carbocycles. The van der Waals surface area contributed by atoms with Gasteiger partial charge in [-0.1, -0.05) is 6.92 Å². The number of nitrogens with zero attached hydrogens (tertiary/aromatic N) is 2. The highest BCUT2D eigenvalue weighted by Crippen LogP contribution is 2.30. The van der Waals surface area contributed by atoms with Crippen LogP contribution in [0, 0.1) is 0 Å². The average Bonchev–Trinajstić information content (AvgIpc) is 2.97. The Balaban J connectivity index is 2.23. The third-order valence-corrected chi connectivity index (χ3v) is 3.53. The van der Waals surface area contributed by atoms with E-state index in [2.05, 4.69) is 12.0 Å². The first-order valence-electron chi connectivity index (χ1n) is 5.58. The minimum atomic E-state index is -0.627. The van der Waals surface area contributed by atoms with E-state index in [0.29, 0.717) is 0 Å². The number of aliphatic hydroxyl groups is 1. The molecule has 0 amide bonds. The Morgan fingerprint density at radius 1 is 1.59 bits per heavy atom. The van der Waals surface area contributed by atoms with Gasteiger partial charge in [-0.15, -0.1) is 11.3 Å². The highest BCUT2D eigenvalue weighted by atomic mass is 32.1. The molecular formula is C12H16N2O2S. The molecule has 0 spiro atoms. The Hall–Kier alpha value is -1.33. The van der Waals surface area contributed by atoms with E-state index >= 15 is 0 Å². The van der Waals surface area contributed by atoms with Gasteiger partial charge < -0.3 is 9.84 Å². The molecule has 0 saturated carbocycles. The number of aryl methyl sites for hydroxylation is 1. The molecule has 1 unspecified atom stereocenters. The van der Waals surface area contributed by atoms with Crippen LogP contribution >= 0.6 is 11.3 Å². The molecule has 0 bridgehead atoms. The molecule has 2 aromatic heterocycles. The van der Waals surface area contributed by atoms with Crippen LogP contribution in [0.2, 0.25) is 0 Å². The first kappa shape index (κ1) is 12.1.